The van der Waals surface area contributed by atoms with E-state index in [1.807, 2.05) is 35.7 Å². The van der Waals surface area contributed by atoms with Crippen LogP contribution in [0.5, 0.6) is 0 Å². The lowest BCUT2D eigenvalue weighted by Gasteiger charge is -2.28. The van der Waals surface area contributed by atoms with E-state index in [-0.39, 0.29) is 11.8 Å². The molecular weight excluding hydrogens is 386 g/mol. The molecule has 29 heavy (non-hydrogen) atoms. The first kappa shape index (κ1) is 19.2. The number of benzene rings is 2. The third-order valence-electron chi connectivity index (χ3n) is 4.63. The minimum absolute atomic E-state index is 0.184. The first-order valence-corrected chi connectivity index (χ1v) is 10.3. The molecule has 0 bridgehead atoms. The highest BCUT2D eigenvalue weighted by Crippen LogP contribution is 2.20. The second-order valence-corrected chi connectivity index (χ2v) is 7.56. The molecule has 4 rings (SSSR count). The molecule has 0 saturated carbocycles. The van der Waals surface area contributed by atoms with Crippen molar-refractivity contribution in [1.29, 1.82) is 0 Å². The summed E-state index contributed by atoms with van der Waals surface area (Å²) in [5.74, 6) is -0.410. The Hall–Kier alpha value is -3.16. The van der Waals surface area contributed by atoms with Gasteiger partial charge in [0.05, 0.1) is 18.1 Å². The molecule has 3 aromatic rings. The molecule has 7 heteroatoms. The van der Waals surface area contributed by atoms with Crippen molar-refractivity contribution < 1.29 is 14.3 Å². The average Bonchev–Trinajstić information content (AvgIpc) is 3.30. The highest BCUT2D eigenvalue weighted by atomic mass is 32.1. The Bertz CT molecular complexity index is 981. The predicted octanol–water partition coefficient (Wildman–Crippen LogP) is 4.09. The van der Waals surface area contributed by atoms with E-state index >= 15 is 0 Å². The summed E-state index contributed by atoms with van der Waals surface area (Å²) in [7, 11) is 0. The molecule has 1 aliphatic heterocycles. The van der Waals surface area contributed by atoms with Crippen LogP contribution >= 0.6 is 11.3 Å². The molecule has 148 valence electrons. The molecule has 1 aromatic heterocycles. The van der Waals surface area contributed by atoms with Gasteiger partial charge in [0.25, 0.3) is 11.8 Å². The summed E-state index contributed by atoms with van der Waals surface area (Å²) >= 11 is 1.37. The van der Waals surface area contributed by atoms with Crippen molar-refractivity contribution in [2.75, 3.05) is 41.8 Å². The van der Waals surface area contributed by atoms with Crippen LogP contribution in [0.15, 0.2) is 66.0 Å². The van der Waals surface area contributed by atoms with E-state index in [0.717, 1.165) is 37.7 Å². The summed E-state index contributed by atoms with van der Waals surface area (Å²) in [6, 6.07) is 18.3. The third-order valence-corrected chi connectivity index (χ3v) is 5.50. The van der Waals surface area contributed by atoms with Gasteiger partial charge < -0.3 is 20.3 Å². The highest BCUT2D eigenvalue weighted by molar-refractivity contribution is 7.12. The minimum atomic E-state index is -0.226. The molecule has 2 heterocycles. The lowest BCUT2D eigenvalue weighted by molar-refractivity contribution is 0.101. The van der Waals surface area contributed by atoms with E-state index in [4.69, 9.17) is 4.74 Å². The zero-order chi connectivity index (χ0) is 20.1. The lowest BCUT2D eigenvalue weighted by atomic mass is 10.1. The maximum atomic E-state index is 12.6. The van der Waals surface area contributed by atoms with Crippen molar-refractivity contribution in [2.24, 2.45) is 0 Å². The van der Waals surface area contributed by atoms with Gasteiger partial charge in [0.1, 0.15) is 0 Å². The topological polar surface area (TPSA) is 70.7 Å². The van der Waals surface area contributed by atoms with Crippen LogP contribution in [-0.2, 0) is 4.74 Å². The maximum Gasteiger partial charge on any atom is 0.265 e. The third kappa shape index (κ3) is 4.82. The number of hydrogen-bond donors (Lipinski definition) is 2. The number of nitrogens with zero attached hydrogens (tertiary/aromatic N) is 1. The van der Waals surface area contributed by atoms with Gasteiger partial charge in [-0.25, -0.2) is 0 Å². The quantitative estimate of drug-likeness (QED) is 0.668. The molecule has 6 nitrogen and oxygen atoms in total. The molecule has 0 aliphatic carbocycles. The standard InChI is InChI=1S/C22H21N3O3S/c26-21(23-17-6-8-19(9-7-17)25-10-12-28-13-11-25)16-3-1-4-18(15-16)24-22(27)20-5-2-14-29-20/h1-9,14-15H,10-13H2,(H,23,26)(H,24,27). The molecule has 2 aromatic carbocycles. The number of anilines is 3. The van der Waals surface area contributed by atoms with Crippen molar-refractivity contribution in [3.05, 3.63) is 76.5 Å². The molecule has 1 saturated heterocycles. The number of thiophene rings is 1. The Morgan fingerprint density at radius 1 is 0.862 bits per heavy atom. The van der Waals surface area contributed by atoms with Crippen LogP contribution in [0.1, 0.15) is 20.0 Å². The average molecular weight is 407 g/mol. The van der Waals surface area contributed by atoms with Gasteiger partial charge >= 0.3 is 0 Å². The van der Waals surface area contributed by atoms with Gasteiger partial charge in [-0.15, -0.1) is 11.3 Å². The van der Waals surface area contributed by atoms with Gasteiger partial charge in [-0.3, -0.25) is 9.59 Å². The number of carbonyl (C=O) groups is 2. The van der Waals surface area contributed by atoms with Crippen LogP contribution in [0, 0.1) is 0 Å². The number of rotatable bonds is 5. The Balaban J connectivity index is 1.40. The molecule has 2 amide bonds. The van der Waals surface area contributed by atoms with Gasteiger partial charge in [0.2, 0.25) is 0 Å². The summed E-state index contributed by atoms with van der Waals surface area (Å²) in [6.07, 6.45) is 0. The van der Waals surface area contributed by atoms with Crippen LogP contribution in [-0.4, -0.2) is 38.1 Å². The number of morpholine rings is 1. The van der Waals surface area contributed by atoms with Crippen LogP contribution in [0.3, 0.4) is 0 Å². The summed E-state index contributed by atoms with van der Waals surface area (Å²) < 4.78 is 5.38. The Kier molecular flexibility index (Phi) is 5.88. The summed E-state index contributed by atoms with van der Waals surface area (Å²) in [4.78, 5) is 27.7. The lowest BCUT2D eigenvalue weighted by Crippen LogP contribution is -2.36. The molecule has 0 radical (unpaired) electrons. The van der Waals surface area contributed by atoms with Crippen molar-refractivity contribution in [3.63, 3.8) is 0 Å². The Morgan fingerprint density at radius 2 is 1.62 bits per heavy atom. The molecule has 0 atom stereocenters. The summed E-state index contributed by atoms with van der Waals surface area (Å²) in [6.45, 7) is 3.21. The molecule has 1 fully saturated rings. The first-order valence-electron chi connectivity index (χ1n) is 9.38. The number of ether oxygens (including phenoxy) is 1. The van der Waals surface area contributed by atoms with E-state index in [0.29, 0.717) is 16.1 Å². The number of carbonyl (C=O) groups excluding carboxylic acids is 2. The van der Waals surface area contributed by atoms with E-state index in [1.54, 1.807) is 30.3 Å². The fourth-order valence-electron chi connectivity index (χ4n) is 3.12. The molecular formula is C22H21N3O3S. The normalized spacial score (nSPS) is 13.7. The van der Waals surface area contributed by atoms with E-state index in [2.05, 4.69) is 15.5 Å². The predicted molar refractivity (Wildman–Crippen MR) is 116 cm³/mol. The van der Waals surface area contributed by atoms with Gasteiger partial charge in [0.15, 0.2) is 0 Å². The second kappa shape index (κ2) is 8.89. The van der Waals surface area contributed by atoms with Crippen molar-refractivity contribution in [3.8, 4) is 0 Å². The zero-order valence-electron chi connectivity index (χ0n) is 15.8. The smallest absolute Gasteiger partial charge is 0.265 e. The largest absolute Gasteiger partial charge is 0.378 e. The Labute approximate surface area is 173 Å². The summed E-state index contributed by atoms with van der Waals surface area (Å²) in [5.41, 5.74) is 2.90. The molecule has 0 unspecified atom stereocenters. The van der Waals surface area contributed by atoms with Crippen molar-refractivity contribution in [1.82, 2.24) is 0 Å². The Morgan fingerprint density at radius 3 is 2.34 bits per heavy atom. The van der Waals surface area contributed by atoms with Gasteiger partial charge in [0, 0.05) is 35.7 Å². The molecule has 1 aliphatic rings. The number of nitrogens with one attached hydrogen (secondary N) is 2. The second-order valence-electron chi connectivity index (χ2n) is 6.61. The van der Waals surface area contributed by atoms with E-state index < -0.39 is 0 Å². The van der Waals surface area contributed by atoms with Crippen LogP contribution < -0.4 is 15.5 Å². The van der Waals surface area contributed by atoms with E-state index in [1.165, 1.54) is 11.3 Å². The highest BCUT2D eigenvalue weighted by Gasteiger charge is 2.12. The van der Waals surface area contributed by atoms with Crippen molar-refractivity contribution >= 4 is 40.2 Å². The zero-order valence-corrected chi connectivity index (χ0v) is 16.6. The first-order chi connectivity index (χ1) is 14.2. The number of amides is 2. The van der Waals surface area contributed by atoms with Crippen LogP contribution in [0.2, 0.25) is 0 Å². The number of hydrogen-bond acceptors (Lipinski definition) is 5. The monoisotopic (exact) mass is 407 g/mol. The van der Waals surface area contributed by atoms with Gasteiger partial charge in [-0.2, -0.15) is 0 Å². The SMILES string of the molecule is O=C(Nc1ccc(N2CCOCC2)cc1)c1cccc(NC(=O)c2cccs2)c1. The fourth-order valence-corrected chi connectivity index (χ4v) is 3.74. The van der Waals surface area contributed by atoms with Crippen LogP contribution in [0.25, 0.3) is 0 Å². The minimum Gasteiger partial charge on any atom is -0.378 e. The van der Waals surface area contributed by atoms with Crippen LogP contribution in [0.4, 0.5) is 17.1 Å². The van der Waals surface area contributed by atoms with Crippen molar-refractivity contribution in [2.45, 2.75) is 0 Å². The fraction of sp³-hybridized carbons (Fsp3) is 0.182. The van der Waals surface area contributed by atoms with Gasteiger partial charge in [-0.1, -0.05) is 12.1 Å². The van der Waals surface area contributed by atoms with Gasteiger partial charge in [-0.05, 0) is 53.9 Å². The maximum absolute atomic E-state index is 12.6. The van der Waals surface area contributed by atoms with E-state index in [9.17, 15) is 9.59 Å². The summed E-state index contributed by atoms with van der Waals surface area (Å²) in [5, 5.41) is 7.58. The molecule has 2 N–H and O–H groups in total. The molecule has 0 spiro atoms.